The molecule has 1 fully saturated rings. The minimum atomic E-state index is -1.31. The Balaban J connectivity index is 1.28. The first-order valence-electron chi connectivity index (χ1n) is 15.5. The van der Waals surface area contributed by atoms with Crippen molar-refractivity contribution in [2.75, 3.05) is 13.2 Å². The van der Waals surface area contributed by atoms with Gasteiger partial charge in [0.2, 0.25) is 11.6 Å². The van der Waals surface area contributed by atoms with Crippen LogP contribution in [0.15, 0.2) is 49.1 Å². The topological polar surface area (TPSA) is 18.5 Å². The van der Waals surface area contributed by atoms with Crippen molar-refractivity contribution in [2.45, 2.75) is 77.6 Å². The number of halogens is 6. The van der Waals surface area contributed by atoms with Crippen molar-refractivity contribution in [1.29, 1.82) is 0 Å². The summed E-state index contributed by atoms with van der Waals surface area (Å²) < 4.78 is 99.5. The quantitative estimate of drug-likeness (QED) is 0.0959. The highest BCUT2D eigenvalue weighted by atomic mass is 19.2. The highest BCUT2D eigenvalue weighted by Gasteiger charge is 2.25. The van der Waals surface area contributed by atoms with Gasteiger partial charge in [-0.05, 0) is 98.9 Å². The summed E-state index contributed by atoms with van der Waals surface area (Å²) in [5.41, 5.74) is -0.209. The predicted molar refractivity (Wildman–Crippen MR) is 161 cm³/mol. The molecule has 0 saturated heterocycles. The van der Waals surface area contributed by atoms with E-state index in [0.29, 0.717) is 31.2 Å². The second kappa shape index (κ2) is 16.1. The molecule has 0 N–H and O–H groups in total. The molecule has 0 heterocycles. The number of allylic oxidation sites excluding steroid dienone is 1. The molecular formula is C36H40F6O2. The van der Waals surface area contributed by atoms with E-state index in [1.165, 1.54) is 30.3 Å². The Morgan fingerprint density at radius 1 is 0.614 bits per heavy atom. The molecule has 3 aromatic carbocycles. The van der Waals surface area contributed by atoms with E-state index in [4.69, 9.17) is 9.47 Å². The number of unbranched alkanes of at least 4 members (excludes halogenated alkanes) is 3. The van der Waals surface area contributed by atoms with Gasteiger partial charge >= 0.3 is 0 Å². The van der Waals surface area contributed by atoms with Crippen LogP contribution in [-0.2, 0) is 12.8 Å². The van der Waals surface area contributed by atoms with Crippen molar-refractivity contribution in [3.05, 3.63) is 95.1 Å². The molecule has 0 aromatic heterocycles. The zero-order chi connectivity index (χ0) is 31.6. The first-order valence-corrected chi connectivity index (χ1v) is 15.5. The third-order valence-corrected chi connectivity index (χ3v) is 8.45. The summed E-state index contributed by atoms with van der Waals surface area (Å²) >= 11 is 0. The molecule has 2 nitrogen and oxygen atoms in total. The normalized spacial score (nSPS) is 16.6. The van der Waals surface area contributed by atoms with E-state index in [-0.39, 0.29) is 53.2 Å². The first kappa shape index (κ1) is 33.5. The van der Waals surface area contributed by atoms with Crippen LogP contribution in [0, 0.1) is 46.7 Å². The van der Waals surface area contributed by atoms with E-state index in [9.17, 15) is 26.3 Å². The predicted octanol–water partition coefficient (Wildman–Crippen LogP) is 10.7. The number of aryl methyl sites for hydroxylation is 2. The number of benzene rings is 3. The van der Waals surface area contributed by atoms with Crippen LogP contribution < -0.4 is 9.47 Å². The van der Waals surface area contributed by atoms with Gasteiger partial charge in [0.15, 0.2) is 34.8 Å². The van der Waals surface area contributed by atoms with Gasteiger partial charge in [-0.1, -0.05) is 44.0 Å². The SMILES string of the molecule is C=CCCCc1ccc(-c2ccc(OCC3CCC(COc4ccc(CCCCC)c(F)c4F)CC3)c(F)c2F)c(F)c1F. The molecule has 1 aliphatic carbocycles. The highest BCUT2D eigenvalue weighted by Crippen LogP contribution is 2.35. The third-order valence-electron chi connectivity index (χ3n) is 8.45. The summed E-state index contributed by atoms with van der Waals surface area (Å²) in [7, 11) is 0. The van der Waals surface area contributed by atoms with Crippen LogP contribution in [0.3, 0.4) is 0 Å². The summed E-state index contributed by atoms with van der Waals surface area (Å²) in [6.45, 7) is 6.07. The van der Waals surface area contributed by atoms with E-state index in [0.717, 1.165) is 44.9 Å². The molecule has 0 radical (unpaired) electrons. The van der Waals surface area contributed by atoms with Crippen molar-refractivity contribution in [3.8, 4) is 22.6 Å². The largest absolute Gasteiger partial charge is 0.490 e. The molecule has 0 spiro atoms. The maximum absolute atomic E-state index is 15.0. The summed E-state index contributed by atoms with van der Waals surface area (Å²) in [5.74, 6) is -6.80. The van der Waals surface area contributed by atoms with Crippen molar-refractivity contribution in [3.63, 3.8) is 0 Å². The Labute approximate surface area is 256 Å². The smallest absolute Gasteiger partial charge is 0.201 e. The van der Waals surface area contributed by atoms with Crippen LogP contribution in [0.2, 0.25) is 0 Å². The molecule has 1 saturated carbocycles. The molecule has 0 unspecified atom stereocenters. The van der Waals surface area contributed by atoms with Gasteiger partial charge in [0.1, 0.15) is 0 Å². The lowest BCUT2D eigenvalue weighted by molar-refractivity contribution is 0.143. The number of ether oxygens (including phenoxy) is 2. The summed E-state index contributed by atoms with van der Waals surface area (Å²) in [4.78, 5) is 0. The monoisotopic (exact) mass is 618 g/mol. The zero-order valence-corrected chi connectivity index (χ0v) is 25.2. The van der Waals surface area contributed by atoms with Crippen LogP contribution in [0.25, 0.3) is 11.1 Å². The number of hydrogen-bond acceptors (Lipinski definition) is 2. The summed E-state index contributed by atoms with van der Waals surface area (Å²) in [6, 6.07) is 8.14. The summed E-state index contributed by atoms with van der Waals surface area (Å²) in [6.07, 6.45) is 9.51. The second-order valence-electron chi connectivity index (χ2n) is 11.6. The van der Waals surface area contributed by atoms with Crippen LogP contribution in [0.4, 0.5) is 26.3 Å². The van der Waals surface area contributed by atoms with Gasteiger partial charge < -0.3 is 9.47 Å². The van der Waals surface area contributed by atoms with Gasteiger partial charge in [0.25, 0.3) is 0 Å². The van der Waals surface area contributed by atoms with Crippen LogP contribution in [0.5, 0.6) is 11.5 Å². The van der Waals surface area contributed by atoms with Gasteiger partial charge in [0.05, 0.1) is 13.2 Å². The van der Waals surface area contributed by atoms with E-state index in [1.807, 2.05) is 0 Å². The van der Waals surface area contributed by atoms with Crippen LogP contribution >= 0.6 is 0 Å². The lowest BCUT2D eigenvalue weighted by Crippen LogP contribution is -2.24. The fourth-order valence-electron chi connectivity index (χ4n) is 5.70. The maximum Gasteiger partial charge on any atom is 0.201 e. The Bertz CT molecular complexity index is 1410. The van der Waals surface area contributed by atoms with E-state index >= 15 is 0 Å². The molecule has 0 amide bonds. The molecule has 0 bridgehead atoms. The molecule has 0 atom stereocenters. The fraction of sp³-hybridized carbons (Fsp3) is 0.444. The summed E-state index contributed by atoms with van der Waals surface area (Å²) in [5, 5.41) is 0. The van der Waals surface area contributed by atoms with Gasteiger partial charge in [-0.2, -0.15) is 8.78 Å². The number of hydrogen-bond donors (Lipinski definition) is 0. The lowest BCUT2D eigenvalue weighted by Gasteiger charge is -2.28. The average Bonchev–Trinajstić information content (AvgIpc) is 3.03. The van der Waals surface area contributed by atoms with Gasteiger partial charge in [-0.15, -0.1) is 6.58 Å². The van der Waals surface area contributed by atoms with Crippen molar-refractivity contribution >= 4 is 0 Å². The molecule has 4 rings (SSSR count). The Morgan fingerprint density at radius 2 is 1.07 bits per heavy atom. The van der Waals surface area contributed by atoms with Crippen LogP contribution in [-0.4, -0.2) is 13.2 Å². The molecule has 238 valence electrons. The molecule has 44 heavy (non-hydrogen) atoms. The van der Waals surface area contributed by atoms with Crippen molar-refractivity contribution in [2.24, 2.45) is 11.8 Å². The fourth-order valence-corrected chi connectivity index (χ4v) is 5.70. The Hall–Kier alpha value is -3.42. The van der Waals surface area contributed by atoms with Crippen molar-refractivity contribution < 1.29 is 35.8 Å². The molecular weight excluding hydrogens is 578 g/mol. The average molecular weight is 619 g/mol. The lowest BCUT2D eigenvalue weighted by atomic mass is 9.83. The first-order chi connectivity index (χ1) is 21.2. The minimum Gasteiger partial charge on any atom is -0.490 e. The standard InChI is InChI=1S/C36H40F6O2/c1-3-5-7-9-25-15-17-27(33(39)31(25)37)28-18-20-30(36(42)34(28)40)44-22-24-13-11-23(12-14-24)21-43-29-19-16-26(10-8-6-4-2)32(38)35(29)41/h3,15-20,23-24H,1,4-14,21-22H2,2H3. The molecule has 3 aromatic rings. The molecule has 8 heteroatoms. The highest BCUT2D eigenvalue weighted by molar-refractivity contribution is 5.66. The Morgan fingerprint density at radius 3 is 1.64 bits per heavy atom. The third kappa shape index (κ3) is 8.19. The molecule has 0 aliphatic heterocycles. The second-order valence-corrected chi connectivity index (χ2v) is 11.6. The zero-order valence-electron chi connectivity index (χ0n) is 25.2. The van der Waals surface area contributed by atoms with Gasteiger partial charge in [-0.3, -0.25) is 0 Å². The van der Waals surface area contributed by atoms with E-state index in [1.54, 1.807) is 12.1 Å². The molecule has 1 aliphatic rings. The van der Waals surface area contributed by atoms with Crippen LogP contribution in [0.1, 0.15) is 75.8 Å². The maximum atomic E-state index is 15.0. The van der Waals surface area contributed by atoms with Gasteiger partial charge in [-0.25, -0.2) is 17.6 Å². The minimum absolute atomic E-state index is 0.0878. The van der Waals surface area contributed by atoms with E-state index in [2.05, 4.69) is 13.5 Å². The Kier molecular flexibility index (Phi) is 12.2. The van der Waals surface area contributed by atoms with Gasteiger partial charge in [0, 0.05) is 11.1 Å². The number of rotatable bonds is 15. The van der Waals surface area contributed by atoms with Crippen molar-refractivity contribution in [1.82, 2.24) is 0 Å². The van der Waals surface area contributed by atoms with E-state index < -0.39 is 34.9 Å².